The van der Waals surface area contributed by atoms with Crippen molar-refractivity contribution in [3.63, 3.8) is 0 Å². The Morgan fingerprint density at radius 3 is 3.28 bits per heavy atom. The largest absolute Gasteiger partial charge is 0.490 e. The van der Waals surface area contributed by atoms with Gasteiger partial charge in [-0.3, -0.25) is 0 Å². The van der Waals surface area contributed by atoms with Crippen LogP contribution in [0.3, 0.4) is 0 Å². The number of thiophene rings is 1. The average molecular weight is 352 g/mol. The molecule has 5 rings (SSSR count). The molecule has 5 nitrogen and oxygen atoms in total. The Balaban J connectivity index is 1.43. The SMILES string of the molecule is C[C@H]1Cc2cc(CNc3ncnc4sc5c(c34)CCNC5)ccc2O1. The molecule has 2 aliphatic heterocycles. The summed E-state index contributed by atoms with van der Waals surface area (Å²) in [5, 5.41) is 8.18. The van der Waals surface area contributed by atoms with Crippen LogP contribution in [0.4, 0.5) is 5.82 Å². The second-order valence-electron chi connectivity index (χ2n) is 6.76. The molecule has 25 heavy (non-hydrogen) atoms. The first kappa shape index (κ1) is 15.1. The zero-order valence-corrected chi connectivity index (χ0v) is 14.9. The second kappa shape index (κ2) is 5.97. The van der Waals surface area contributed by atoms with E-state index in [1.54, 1.807) is 17.7 Å². The van der Waals surface area contributed by atoms with Gasteiger partial charge in [-0.05, 0) is 42.6 Å². The number of anilines is 1. The summed E-state index contributed by atoms with van der Waals surface area (Å²) in [7, 11) is 0. The summed E-state index contributed by atoms with van der Waals surface area (Å²) in [6.07, 6.45) is 3.99. The van der Waals surface area contributed by atoms with Gasteiger partial charge in [0.15, 0.2) is 0 Å². The Labute approximate surface area is 150 Å². The van der Waals surface area contributed by atoms with Gasteiger partial charge in [0.25, 0.3) is 0 Å². The fourth-order valence-electron chi connectivity index (χ4n) is 3.76. The van der Waals surface area contributed by atoms with Gasteiger partial charge < -0.3 is 15.4 Å². The molecule has 4 heterocycles. The third kappa shape index (κ3) is 2.65. The van der Waals surface area contributed by atoms with Gasteiger partial charge in [0.05, 0.1) is 5.39 Å². The number of aromatic nitrogens is 2. The topological polar surface area (TPSA) is 59.1 Å². The maximum Gasteiger partial charge on any atom is 0.138 e. The maximum absolute atomic E-state index is 5.79. The highest BCUT2D eigenvalue weighted by atomic mass is 32.1. The van der Waals surface area contributed by atoms with Crippen molar-refractivity contribution >= 4 is 27.4 Å². The van der Waals surface area contributed by atoms with Crippen molar-refractivity contribution in [1.82, 2.24) is 15.3 Å². The molecule has 2 aromatic heterocycles. The Morgan fingerprint density at radius 2 is 2.32 bits per heavy atom. The predicted molar refractivity (Wildman–Crippen MR) is 100 cm³/mol. The van der Waals surface area contributed by atoms with Gasteiger partial charge in [-0.1, -0.05) is 12.1 Å². The molecule has 1 aromatic carbocycles. The Morgan fingerprint density at radius 1 is 1.36 bits per heavy atom. The lowest BCUT2D eigenvalue weighted by Crippen LogP contribution is -2.22. The molecule has 2 N–H and O–H groups in total. The number of ether oxygens (including phenoxy) is 1. The van der Waals surface area contributed by atoms with Crippen LogP contribution in [0.25, 0.3) is 10.2 Å². The smallest absolute Gasteiger partial charge is 0.138 e. The summed E-state index contributed by atoms with van der Waals surface area (Å²) in [4.78, 5) is 11.5. The van der Waals surface area contributed by atoms with Crippen molar-refractivity contribution in [1.29, 1.82) is 0 Å². The van der Waals surface area contributed by atoms with E-state index in [0.29, 0.717) is 0 Å². The third-order valence-corrected chi connectivity index (χ3v) is 6.07. The number of hydrogen-bond acceptors (Lipinski definition) is 6. The van der Waals surface area contributed by atoms with E-state index in [9.17, 15) is 0 Å². The minimum Gasteiger partial charge on any atom is -0.490 e. The van der Waals surface area contributed by atoms with Crippen LogP contribution >= 0.6 is 11.3 Å². The monoisotopic (exact) mass is 352 g/mol. The van der Waals surface area contributed by atoms with Crippen LogP contribution in [0.5, 0.6) is 5.75 Å². The third-order valence-electron chi connectivity index (χ3n) is 4.93. The average Bonchev–Trinajstić information content (AvgIpc) is 3.18. The Kier molecular flexibility index (Phi) is 3.60. The van der Waals surface area contributed by atoms with E-state index >= 15 is 0 Å². The van der Waals surface area contributed by atoms with Crippen LogP contribution in [-0.2, 0) is 25.9 Å². The summed E-state index contributed by atoms with van der Waals surface area (Å²) in [6, 6.07) is 6.47. The van der Waals surface area contributed by atoms with E-state index in [2.05, 4.69) is 45.7 Å². The molecule has 0 unspecified atom stereocenters. The lowest BCUT2D eigenvalue weighted by molar-refractivity contribution is 0.254. The van der Waals surface area contributed by atoms with Gasteiger partial charge in [0.2, 0.25) is 0 Å². The number of nitrogens with one attached hydrogen (secondary N) is 2. The zero-order chi connectivity index (χ0) is 16.8. The van der Waals surface area contributed by atoms with Gasteiger partial charge in [-0.25, -0.2) is 9.97 Å². The van der Waals surface area contributed by atoms with E-state index in [0.717, 1.165) is 48.9 Å². The van der Waals surface area contributed by atoms with Crippen LogP contribution in [-0.4, -0.2) is 22.6 Å². The molecule has 3 aromatic rings. The normalized spacial score (nSPS) is 18.7. The molecule has 0 amide bonds. The number of rotatable bonds is 3. The van der Waals surface area contributed by atoms with E-state index in [4.69, 9.17) is 4.74 Å². The van der Waals surface area contributed by atoms with Crippen molar-refractivity contribution in [2.24, 2.45) is 0 Å². The maximum atomic E-state index is 5.79. The van der Waals surface area contributed by atoms with Crippen molar-refractivity contribution < 1.29 is 4.74 Å². The Hall–Kier alpha value is -2.18. The Bertz CT molecular complexity index is 952. The predicted octanol–water partition coefficient (Wildman–Crippen LogP) is 3.27. The molecule has 0 bridgehead atoms. The second-order valence-corrected chi connectivity index (χ2v) is 7.84. The molecular formula is C19H20N4OS. The van der Waals surface area contributed by atoms with E-state index in [1.165, 1.54) is 27.0 Å². The summed E-state index contributed by atoms with van der Waals surface area (Å²) >= 11 is 1.78. The molecule has 0 radical (unpaired) electrons. The number of nitrogens with zero attached hydrogens (tertiary/aromatic N) is 2. The summed E-state index contributed by atoms with van der Waals surface area (Å²) in [5.41, 5.74) is 3.98. The first-order valence-corrected chi connectivity index (χ1v) is 9.58. The first-order chi connectivity index (χ1) is 12.3. The number of hydrogen-bond donors (Lipinski definition) is 2. The highest BCUT2D eigenvalue weighted by Gasteiger charge is 2.21. The van der Waals surface area contributed by atoms with E-state index < -0.39 is 0 Å². The molecule has 2 aliphatic rings. The molecule has 0 spiro atoms. The number of fused-ring (bicyclic) bond motifs is 4. The molecular weight excluding hydrogens is 332 g/mol. The van der Waals surface area contributed by atoms with Gasteiger partial charge in [0.1, 0.15) is 28.8 Å². The fourth-order valence-corrected chi connectivity index (χ4v) is 4.92. The summed E-state index contributed by atoms with van der Waals surface area (Å²) < 4.78 is 5.79. The summed E-state index contributed by atoms with van der Waals surface area (Å²) in [6.45, 7) is 4.84. The van der Waals surface area contributed by atoms with Crippen LogP contribution < -0.4 is 15.4 Å². The van der Waals surface area contributed by atoms with Crippen molar-refractivity contribution in [2.45, 2.75) is 39.0 Å². The zero-order valence-electron chi connectivity index (χ0n) is 14.1. The minimum atomic E-state index is 0.283. The number of benzene rings is 1. The quantitative estimate of drug-likeness (QED) is 0.758. The van der Waals surface area contributed by atoms with Gasteiger partial charge in [-0.2, -0.15) is 0 Å². The lowest BCUT2D eigenvalue weighted by atomic mass is 10.1. The highest BCUT2D eigenvalue weighted by Crippen LogP contribution is 2.36. The van der Waals surface area contributed by atoms with Crippen molar-refractivity contribution in [3.8, 4) is 5.75 Å². The molecule has 0 saturated heterocycles. The highest BCUT2D eigenvalue weighted by molar-refractivity contribution is 7.18. The van der Waals surface area contributed by atoms with E-state index in [1.807, 2.05) is 0 Å². The van der Waals surface area contributed by atoms with Crippen LogP contribution in [0.2, 0.25) is 0 Å². The molecule has 0 fully saturated rings. The van der Waals surface area contributed by atoms with Crippen molar-refractivity contribution in [3.05, 3.63) is 46.1 Å². The van der Waals surface area contributed by atoms with Crippen LogP contribution in [0, 0.1) is 0 Å². The lowest BCUT2D eigenvalue weighted by Gasteiger charge is -2.14. The standard InChI is InChI=1S/C19H20N4OS/c1-11-6-13-7-12(2-3-15(13)24-11)8-21-18-17-14-4-5-20-9-16(14)25-19(17)23-10-22-18/h2-3,7,10-11,20H,4-6,8-9H2,1H3,(H,21,22,23)/t11-/m0/s1. The van der Waals surface area contributed by atoms with Crippen LogP contribution in [0.1, 0.15) is 28.5 Å². The van der Waals surface area contributed by atoms with Gasteiger partial charge in [0, 0.05) is 24.4 Å². The molecule has 6 heteroatoms. The molecule has 0 aliphatic carbocycles. The van der Waals surface area contributed by atoms with Gasteiger partial charge >= 0.3 is 0 Å². The van der Waals surface area contributed by atoms with Gasteiger partial charge in [-0.15, -0.1) is 11.3 Å². The minimum absolute atomic E-state index is 0.283. The fraction of sp³-hybridized carbons (Fsp3) is 0.368. The molecule has 128 valence electrons. The first-order valence-electron chi connectivity index (χ1n) is 8.76. The molecule has 0 saturated carbocycles. The van der Waals surface area contributed by atoms with E-state index in [-0.39, 0.29) is 6.10 Å². The molecule has 1 atom stereocenters. The van der Waals surface area contributed by atoms with Crippen LogP contribution in [0.15, 0.2) is 24.5 Å². The summed E-state index contributed by atoms with van der Waals surface area (Å²) in [5.74, 6) is 1.98. The van der Waals surface area contributed by atoms with Crippen molar-refractivity contribution in [2.75, 3.05) is 11.9 Å².